The van der Waals surface area contributed by atoms with Crippen molar-refractivity contribution < 1.29 is 0 Å². The van der Waals surface area contributed by atoms with E-state index in [2.05, 4.69) is 5.43 Å². The zero-order valence-electron chi connectivity index (χ0n) is 10.1. The topological polar surface area (TPSA) is 38.0 Å². The first-order chi connectivity index (χ1) is 7.79. The molecule has 0 saturated heterocycles. The van der Waals surface area contributed by atoms with Gasteiger partial charge in [-0.25, -0.2) is 0 Å². The van der Waals surface area contributed by atoms with Gasteiger partial charge in [0, 0.05) is 6.04 Å². The van der Waals surface area contributed by atoms with Gasteiger partial charge in [-0.3, -0.25) is 11.3 Å². The molecule has 5 aliphatic rings. The molecule has 2 heteroatoms. The van der Waals surface area contributed by atoms with Gasteiger partial charge in [-0.2, -0.15) is 0 Å². The highest BCUT2D eigenvalue weighted by atomic mass is 15.2. The molecule has 0 amide bonds. The Bertz CT molecular complexity index is 260. The number of nitrogens with one attached hydrogen (secondary N) is 1. The van der Waals surface area contributed by atoms with Crippen LogP contribution in [0.4, 0.5) is 0 Å². The van der Waals surface area contributed by atoms with E-state index >= 15 is 0 Å². The molecule has 5 fully saturated rings. The quantitative estimate of drug-likeness (QED) is 0.566. The Balaban J connectivity index is 1.64. The Labute approximate surface area is 98.3 Å². The molecule has 5 aliphatic carbocycles. The summed E-state index contributed by atoms with van der Waals surface area (Å²) in [5, 5.41) is 0. The smallest absolute Gasteiger partial charge is 0.0295 e. The monoisotopic (exact) mass is 220 g/mol. The van der Waals surface area contributed by atoms with Gasteiger partial charge < -0.3 is 0 Å². The average molecular weight is 220 g/mol. The van der Waals surface area contributed by atoms with E-state index < -0.39 is 0 Å². The molecule has 1 unspecified atom stereocenters. The summed E-state index contributed by atoms with van der Waals surface area (Å²) >= 11 is 0. The van der Waals surface area contributed by atoms with E-state index in [0.717, 1.165) is 23.7 Å². The fourth-order valence-corrected chi connectivity index (χ4v) is 5.80. The highest BCUT2D eigenvalue weighted by Gasteiger charge is 2.56. The van der Waals surface area contributed by atoms with E-state index in [4.69, 9.17) is 5.84 Å². The van der Waals surface area contributed by atoms with Crippen molar-refractivity contribution in [2.24, 2.45) is 34.9 Å². The van der Waals surface area contributed by atoms with Crippen LogP contribution in [0.15, 0.2) is 0 Å². The minimum Gasteiger partial charge on any atom is -0.271 e. The summed E-state index contributed by atoms with van der Waals surface area (Å²) in [4.78, 5) is 0. The first kappa shape index (κ1) is 9.90. The predicted molar refractivity (Wildman–Crippen MR) is 64.4 cm³/mol. The molecule has 0 heterocycles. The zero-order valence-corrected chi connectivity index (χ0v) is 10.1. The molecule has 0 aromatic rings. The van der Waals surface area contributed by atoms with Gasteiger partial charge in [0.15, 0.2) is 0 Å². The summed E-state index contributed by atoms with van der Waals surface area (Å²) in [7, 11) is 0. The van der Waals surface area contributed by atoms with Gasteiger partial charge in [0.2, 0.25) is 0 Å². The van der Waals surface area contributed by atoms with Gasteiger partial charge in [0.25, 0.3) is 0 Å². The van der Waals surface area contributed by atoms with Crippen LogP contribution in [0, 0.1) is 29.1 Å². The number of hydrazine groups is 1. The molecule has 1 atom stereocenters. The first-order valence-corrected chi connectivity index (χ1v) is 7.25. The zero-order chi connectivity index (χ0) is 10.8. The number of hydrogen-bond acceptors (Lipinski definition) is 2. The summed E-state index contributed by atoms with van der Waals surface area (Å²) in [6.45, 7) is 0. The molecule has 0 spiro atoms. The third-order valence-corrected chi connectivity index (χ3v) is 6.02. The lowest BCUT2D eigenvalue weighted by molar-refractivity contribution is -0.0780. The van der Waals surface area contributed by atoms with Crippen molar-refractivity contribution in [3.8, 4) is 0 Å². The highest BCUT2D eigenvalue weighted by Crippen LogP contribution is 2.63. The summed E-state index contributed by atoms with van der Waals surface area (Å²) < 4.78 is 0. The number of nitrogens with two attached hydrogens (primary N) is 1. The van der Waals surface area contributed by atoms with Crippen LogP contribution in [0.3, 0.4) is 0 Å². The fraction of sp³-hybridized carbons (Fsp3) is 1.00. The molecule has 16 heavy (non-hydrogen) atoms. The van der Waals surface area contributed by atoms with Gasteiger partial charge >= 0.3 is 0 Å². The molecule has 4 bridgehead atoms. The Morgan fingerprint density at radius 1 is 0.938 bits per heavy atom. The van der Waals surface area contributed by atoms with Crippen LogP contribution in [0.1, 0.15) is 51.4 Å². The average Bonchev–Trinajstić information content (AvgIpc) is 3.00. The van der Waals surface area contributed by atoms with Crippen LogP contribution in [0.2, 0.25) is 0 Å². The largest absolute Gasteiger partial charge is 0.271 e. The maximum atomic E-state index is 5.89. The van der Waals surface area contributed by atoms with Gasteiger partial charge in [0.1, 0.15) is 0 Å². The minimum atomic E-state index is 0.616. The lowest BCUT2D eigenvalue weighted by Gasteiger charge is -2.59. The van der Waals surface area contributed by atoms with E-state index in [-0.39, 0.29) is 0 Å². The molecule has 2 nitrogen and oxygen atoms in total. The molecule has 5 saturated carbocycles. The van der Waals surface area contributed by atoms with E-state index in [1.807, 2.05) is 0 Å². The minimum absolute atomic E-state index is 0.616. The Hall–Kier alpha value is -0.0800. The molecule has 0 aliphatic heterocycles. The summed E-state index contributed by atoms with van der Waals surface area (Å²) in [6.07, 6.45) is 12.0. The molecule has 90 valence electrons. The van der Waals surface area contributed by atoms with E-state index in [1.54, 1.807) is 19.3 Å². The van der Waals surface area contributed by atoms with E-state index in [1.165, 1.54) is 32.1 Å². The first-order valence-electron chi connectivity index (χ1n) is 7.25. The van der Waals surface area contributed by atoms with Gasteiger partial charge in [-0.05, 0) is 80.5 Å². The van der Waals surface area contributed by atoms with Crippen LogP contribution in [0.5, 0.6) is 0 Å². The van der Waals surface area contributed by atoms with Crippen LogP contribution in [-0.4, -0.2) is 6.04 Å². The predicted octanol–water partition coefficient (Wildman–Crippen LogP) is 2.44. The second-order valence-corrected chi connectivity index (χ2v) is 7.26. The van der Waals surface area contributed by atoms with Gasteiger partial charge in [-0.15, -0.1) is 0 Å². The Morgan fingerprint density at radius 2 is 1.44 bits per heavy atom. The second kappa shape index (κ2) is 3.23. The lowest BCUT2D eigenvalue weighted by atomic mass is 9.47. The van der Waals surface area contributed by atoms with Crippen LogP contribution in [-0.2, 0) is 0 Å². The van der Waals surface area contributed by atoms with Gasteiger partial charge in [0.05, 0.1) is 0 Å². The van der Waals surface area contributed by atoms with Crippen molar-refractivity contribution in [3.63, 3.8) is 0 Å². The Kier molecular flexibility index (Phi) is 2.00. The number of rotatable bonds is 3. The molecule has 0 radical (unpaired) electrons. The van der Waals surface area contributed by atoms with E-state index in [0.29, 0.717) is 11.5 Å². The van der Waals surface area contributed by atoms with Crippen LogP contribution >= 0.6 is 0 Å². The molecular weight excluding hydrogens is 196 g/mol. The summed E-state index contributed by atoms with van der Waals surface area (Å²) in [6, 6.07) is 0.654. The fourth-order valence-electron chi connectivity index (χ4n) is 5.80. The van der Waals surface area contributed by atoms with Crippen molar-refractivity contribution in [1.29, 1.82) is 0 Å². The summed E-state index contributed by atoms with van der Waals surface area (Å²) in [5.41, 5.74) is 3.84. The van der Waals surface area contributed by atoms with Crippen molar-refractivity contribution in [2.75, 3.05) is 0 Å². The molecule has 0 aromatic heterocycles. The van der Waals surface area contributed by atoms with Crippen molar-refractivity contribution >= 4 is 0 Å². The standard InChI is InChI=1S/C14H24N2/c15-16-13(12-1-2-12)14-6-9-3-10(7-14)5-11(4-9)8-14/h9-13,16H,1-8,15H2. The SMILES string of the molecule is NNC(C1CC1)C12CC3CC(CC(C3)C1)C2. The van der Waals surface area contributed by atoms with Crippen LogP contribution < -0.4 is 11.3 Å². The molecular formula is C14H24N2. The maximum absolute atomic E-state index is 5.89. The van der Waals surface area contributed by atoms with Crippen molar-refractivity contribution in [2.45, 2.75) is 57.4 Å². The van der Waals surface area contributed by atoms with E-state index in [9.17, 15) is 0 Å². The number of hydrogen-bond donors (Lipinski definition) is 2. The molecule has 5 rings (SSSR count). The lowest BCUT2D eigenvalue weighted by Crippen LogP contribution is -2.58. The van der Waals surface area contributed by atoms with Crippen molar-refractivity contribution in [3.05, 3.63) is 0 Å². The molecule has 3 N–H and O–H groups in total. The van der Waals surface area contributed by atoms with Crippen molar-refractivity contribution in [1.82, 2.24) is 5.43 Å². The Morgan fingerprint density at radius 3 is 1.81 bits per heavy atom. The third-order valence-electron chi connectivity index (χ3n) is 6.02. The molecule has 0 aromatic carbocycles. The maximum Gasteiger partial charge on any atom is 0.0295 e. The second-order valence-electron chi connectivity index (χ2n) is 7.26. The summed E-state index contributed by atoms with van der Waals surface area (Å²) in [5.74, 6) is 9.97. The normalized spacial score (nSPS) is 51.9. The van der Waals surface area contributed by atoms with Gasteiger partial charge in [-0.1, -0.05) is 0 Å². The highest BCUT2D eigenvalue weighted by molar-refractivity contribution is 5.08. The third kappa shape index (κ3) is 1.32. The van der Waals surface area contributed by atoms with Crippen LogP contribution in [0.25, 0.3) is 0 Å².